The third-order valence-corrected chi connectivity index (χ3v) is 4.71. The second-order valence-electron chi connectivity index (χ2n) is 5.47. The lowest BCUT2D eigenvalue weighted by molar-refractivity contribution is -0.125. The highest BCUT2D eigenvalue weighted by Crippen LogP contribution is 2.25. The summed E-state index contributed by atoms with van der Waals surface area (Å²) in [7, 11) is 0. The molecule has 1 heterocycles. The second-order valence-corrected chi connectivity index (χ2v) is 6.33. The Morgan fingerprint density at radius 1 is 1.26 bits per heavy atom. The summed E-state index contributed by atoms with van der Waals surface area (Å²) < 4.78 is 14.1. The standard InChI is InChI=1S/C17H17BrFN3O/c18-15-7-6-13(19)8-12(15)9-20-17(23)14-10-21-22-16(14)11-4-2-1-3-5-11/h1-8,14,16,21-22H,9-10H2,(H,20,23). The number of rotatable bonds is 4. The molecule has 0 aliphatic carbocycles. The molecule has 2 aromatic carbocycles. The molecule has 2 unspecified atom stereocenters. The van der Waals surface area contributed by atoms with Crippen molar-refractivity contribution in [1.82, 2.24) is 16.2 Å². The number of halogens is 2. The maximum absolute atomic E-state index is 13.3. The molecule has 0 bridgehead atoms. The number of benzene rings is 2. The van der Waals surface area contributed by atoms with Crippen molar-refractivity contribution in [3.8, 4) is 0 Å². The van der Waals surface area contributed by atoms with Crippen LogP contribution in [0.3, 0.4) is 0 Å². The highest BCUT2D eigenvalue weighted by molar-refractivity contribution is 9.10. The zero-order chi connectivity index (χ0) is 16.2. The van der Waals surface area contributed by atoms with E-state index in [0.717, 1.165) is 10.0 Å². The molecule has 0 aromatic heterocycles. The molecule has 0 saturated carbocycles. The highest BCUT2D eigenvalue weighted by Gasteiger charge is 2.33. The maximum Gasteiger partial charge on any atom is 0.226 e. The summed E-state index contributed by atoms with van der Waals surface area (Å²) in [5, 5.41) is 2.89. The van der Waals surface area contributed by atoms with Crippen LogP contribution in [0.2, 0.25) is 0 Å². The molecule has 0 radical (unpaired) electrons. The van der Waals surface area contributed by atoms with Crippen molar-refractivity contribution >= 4 is 21.8 Å². The largest absolute Gasteiger partial charge is 0.352 e. The van der Waals surface area contributed by atoms with Gasteiger partial charge in [0.2, 0.25) is 5.91 Å². The normalized spacial score (nSPS) is 20.4. The van der Waals surface area contributed by atoms with Crippen LogP contribution < -0.4 is 16.2 Å². The number of hydrogen-bond acceptors (Lipinski definition) is 3. The van der Waals surface area contributed by atoms with Crippen molar-refractivity contribution in [3.63, 3.8) is 0 Å². The molecule has 6 heteroatoms. The topological polar surface area (TPSA) is 53.2 Å². The van der Waals surface area contributed by atoms with Gasteiger partial charge in [-0.1, -0.05) is 46.3 Å². The highest BCUT2D eigenvalue weighted by atomic mass is 79.9. The molecular formula is C17H17BrFN3O. The van der Waals surface area contributed by atoms with E-state index in [1.165, 1.54) is 12.1 Å². The molecule has 1 amide bonds. The van der Waals surface area contributed by atoms with Crippen molar-refractivity contribution in [2.75, 3.05) is 6.54 Å². The van der Waals surface area contributed by atoms with Crippen LogP contribution in [-0.4, -0.2) is 12.5 Å². The lowest BCUT2D eigenvalue weighted by atomic mass is 9.94. The summed E-state index contributed by atoms with van der Waals surface area (Å²) in [5.41, 5.74) is 7.96. The van der Waals surface area contributed by atoms with Crippen molar-refractivity contribution in [2.45, 2.75) is 12.6 Å². The molecule has 3 rings (SSSR count). The second kappa shape index (κ2) is 7.21. The summed E-state index contributed by atoms with van der Waals surface area (Å²) in [6.07, 6.45) is 0. The van der Waals surface area contributed by atoms with Crippen LogP contribution in [0.1, 0.15) is 17.2 Å². The van der Waals surface area contributed by atoms with Gasteiger partial charge in [0, 0.05) is 17.6 Å². The van der Waals surface area contributed by atoms with E-state index in [-0.39, 0.29) is 30.2 Å². The quantitative estimate of drug-likeness (QED) is 0.767. The SMILES string of the molecule is O=C(NCc1cc(F)ccc1Br)C1CNNC1c1ccccc1. The van der Waals surface area contributed by atoms with Crippen LogP contribution in [0.4, 0.5) is 4.39 Å². The summed E-state index contributed by atoms with van der Waals surface area (Å²) >= 11 is 3.37. The molecule has 2 aromatic rings. The minimum atomic E-state index is -0.316. The molecule has 1 aliphatic rings. The van der Waals surface area contributed by atoms with E-state index >= 15 is 0 Å². The van der Waals surface area contributed by atoms with Gasteiger partial charge in [-0.15, -0.1) is 0 Å². The van der Waals surface area contributed by atoms with Crippen LogP contribution in [0.5, 0.6) is 0 Å². The van der Waals surface area contributed by atoms with Crippen LogP contribution in [0.25, 0.3) is 0 Å². The summed E-state index contributed by atoms with van der Waals surface area (Å²) in [6.45, 7) is 0.838. The average molecular weight is 378 g/mol. The fraction of sp³-hybridized carbons (Fsp3) is 0.235. The van der Waals surface area contributed by atoms with Crippen LogP contribution in [0, 0.1) is 11.7 Å². The Morgan fingerprint density at radius 2 is 2.04 bits per heavy atom. The summed E-state index contributed by atoms with van der Waals surface area (Å²) in [4.78, 5) is 12.5. The molecule has 1 fully saturated rings. The average Bonchev–Trinajstić information content (AvgIpc) is 3.06. The molecule has 1 aliphatic heterocycles. The van der Waals surface area contributed by atoms with Gasteiger partial charge in [-0.05, 0) is 29.3 Å². The molecular weight excluding hydrogens is 361 g/mol. The molecule has 2 atom stereocenters. The third-order valence-electron chi connectivity index (χ3n) is 3.94. The first kappa shape index (κ1) is 16.1. The van der Waals surface area contributed by atoms with E-state index in [9.17, 15) is 9.18 Å². The fourth-order valence-electron chi connectivity index (χ4n) is 2.71. The first-order valence-corrected chi connectivity index (χ1v) is 8.19. The monoisotopic (exact) mass is 377 g/mol. The lowest BCUT2D eigenvalue weighted by Gasteiger charge is -2.18. The van der Waals surface area contributed by atoms with Crippen LogP contribution in [0.15, 0.2) is 53.0 Å². The number of amides is 1. The summed E-state index contributed by atoms with van der Waals surface area (Å²) in [6, 6.07) is 14.2. The minimum absolute atomic E-state index is 0.0625. The number of hydrogen-bond donors (Lipinski definition) is 3. The van der Waals surface area contributed by atoms with Crippen molar-refractivity contribution in [2.24, 2.45) is 5.92 Å². The van der Waals surface area contributed by atoms with Gasteiger partial charge in [0.25, 0.3) is 0 Å². The summed E-state index contributed by atoms with van der Waals surface area (Å²) in [5.74, 6) is -0.596. The Hall–Kier alpha value is -1.76. The molecule has 120 valence electrons. The molecule has 3 N–H and O–H groups in total. The van der Waals surface area contributed by atoms with Crippen LogP contribution in [-0.2, 0) is 11.3 Å². The van der Waals surface area contributed by atoms with Gasteiger partial charge in [-0.2, -0.15) is 0 Å². The van der Waals surface area contributed by atoms with E-state index in [1.54, 1.807) is 6.07 Å². The Morgan fingerprint density at radius 3 is 2.83 bits per heavy atom. The Bertz CT molecular complexity index is 695. The van der Waals surface area contributed by atoms with E-state index in [0.29, 0.717) is 12.1 Å². The number of nitrogens with one attached hydrogen (secondary N) is 3. The molecule has 0 spiro atoms. The van der Waals surface area contributed by atoms with Crippen molar-refractivity contribution < 1.29 is 9.18 Å². The van der Waals surface area contributed by atoms with Gasteiger partial charge in [0.05, 0.1) is 12.0 Å². The van der Waals surface area contributed by atoms with E-state index in [1.807, 2.05) is 30.3 Å². The zero-order valence-electron chi connectivity index (χ0n) is 12.4. The van der Waals surface area contributed by atoms with E-state index in [4.69, 9.17) is 0 Å². The van der Waals surface area contributed by atoms with Gasteiger partial charge in [-0.25, -0.2) is 9.82 Å². The van der Waals surface area contributed by atoms with Gasteiger partial charge in [0.1, 0.15) is 5.82 Å². The zero-order valence-corrected chi connectivity index (χ0v) is 13.9. The Balaban J connectivity index is 1.67. The van der Waals surface area contributed by atoms with Crippen LogP contribution >= 0.6 is 15.9 Å². The lowest BCUT2D eigenvalue weighted by Crippen LogP contribution is -2.34. The number of carbonyl (C=O) groups excluding carboxylic acids is 1. The smallest absolute Gasteiger partial charge is 0.226 e. The predicted octanol–water partition coefficient (Wildman–Crippen LogP) is 2.67. The number of hydrazine groups is 1. The van der Waals surface area contributed by atoms with Gasteiger partial charge in [-0.3, -0.25) is 10.2 Å². The van der Waals surface area contributed by atoms with Gasteiger partial charge in [0.15, 0.2) is 0 Å². The molecule has 1 saturated heterocycles. The first-order valence-electron chi connectivity index (χ1n) is 7.40. The first-order chi connectivity index (χ1) is 11.1. The fourth-order valence-corrected chi connectivity index (χ4v) is 3.10. The Kier molecular flexibility index (Phi) is 5.05. The van der Waals surface area contributed by atoms with Gasteiger partial charge >= 0.3 is 0 Å². The third kappa shape index (κ3) is 3.77. The Labute approximate surface area is 142 Å². The molecule has 23 heavy (non-hydrogen) atoms. The minimum Gasteiger partial charge on any atom is -0.352 e. The van der Waals surface area contributed by atoms with E-state index in [2.05, 4.69) is 32.1 Å². The number of carbonyl (C=O) groups is 1. The van der Waals surface area contributed by atoms with E-state index < -0.39 is 0 Å². The maximum atomic E-state index is 13.3. The molecule has 4 nitrogen and oxygen atoms in total. The van der Waals surface area contributed by atoms with Gasteiger partial charge < -0.3 is 5.32 Å². The van der Waals surface area contributed by atoms with Crippen molar-refractivity contribution in [3.05, 3.63) is 69.9 Å². The van der Waals surface area contributed by atoms with Crippen molar-refractivity contribution in [1.29, 1.82) is 0 Å². The predicted molar refractivity (Wildman–Crippen MR) is 89.8 cm³/mol.